The molecule has 0 bridgehead atoms. The van der Waals surface area contributed by atoms with E-state index in [9.17, 15) is 5.11 Å². The van der Waals surface area contributed by atoms with Crippen LogP contribution in [0.3, 0.4) is 0 Å². The van der Waals surface area contributed by atoms with Crippen LogP contribution >= 0.6 is 0 Å². The lowest BCUT2D eigenvalue weighted by molar-refractivity contribution is 0.276. The van der Waals surface area contributed by atoms with E-state index >= 15 is 0 Å². The van der Waals surface area contributed by atoms with Gasteiger partial charge in [-0.2, -0.15) is 4.98 Å². The van der Waals surface area contributed by atoms with Gasteiger partial charge in [-0.15, -0.1) is 0 Å². The molecule has 88 valence electrons. The Kier molecular flexibility index (Phi) is 3.52. The summed E-state index contributed by atoms with van der Waals surface area (Å²) in [5, 5.41) is 12.4. The summed E-state index contributed by atoms with van der Waals surface area (Å²) in [7, 11) is 0. The van der Waals surface area contributed by atoms with E-state index in [-0.39, 0.29) is 12.6 Å². The van der Waals surface area contributed by atoms with Crippen molar-refractivity contribution in [2.75, 3.05) is 17.7 Å². The number of aliphatic hydroxyl groups is 1. The maximum atomic E-state index is 9.36. The van der Waals surface area contributed by atoms with Gasteiger partial charge >= 0.3 is 0 Å². The standard InChI is InChI=1S/C12H14N4O/c13-11-6-7-14-12(16-11)15-10(8-17)9-4-2-1-3-5-9/h1-7,10,17H,8H2,(H3,13,14,15,16). The van der Waals surface area contributed by atoms with Crippen LogP contribution in [0.1, 0.15) is 11.6 Å². The van der Waals surface area contributed by atoms with Crippen molar-refractivity contribution in [3.63, 3.8) is 0 Å². The Labute approximate surface area is 99.3 Å². The summed E-state index contributed by atoms with van der Waals surface area (Å²) < 4.78 is 0. The van der Waals surface area contributed by atoms with E-state index in [2.05, 4.69) is 15.3 Å². The van der Waals surface area contributed by atoms with E-state index in [1.54, 1.807) is 12.3 Å². The number of rotatable bonds is 4. The SMILES string of the molecule is Nc1ccnc(NC(CO)c2ccccc2)n1. The molecule has 1 atom stereocenters. The second-order valence-electron chi connectivity index (χ2n) is 3.60. The van der Waals surface area contributed by atoms with E-state index in [1.165, 1.54) is 0 Å². The number of nitrogens with one attached hydrogen (secondary N) is 1. The van der Waals surface area contributed by atoms with Crippen LogP contribution in [0.15, 0.2) is 42.6 Å². The number of nitrogens with two attached hydrogens (primary N) is 1. The van der Waals surface area contributed by atoms with Gasteiger partial charge in [0.15, 0.2) is 0 Å². The third-order valence-electron chi connectivity index (χ3n) is 2.36. The van der Waals surface area contributed by atoms with Crippen LogP contribution in [0, 0.1) is 0 Å². The van der Waals surface area contributed by atoms with Gasteiger partial charge < -0.3 is 16.2 Å². The lowest BCUT2D eigenvalue weighted by Crippen LogP contribution is -2.16. The Hall–Kier alpha value is -2.14. The van der Waals surface area contributed by atoms with Crippen molar-refractivity contribution < 1.29 is 5.11 Å². The van der Waals surface area contributed by atoms with Crippen LogP contribution in [-0.2, 0) is 0 Å². The molecule has 0 aliphatic heterocycles. The molecule has 0 saturated heterocycles. The number of hydrogen-bond acceptors (Lipinski definition) is 5. The highest BCUT2D eigenvalue weighted by Gasteiger charge is 2.10. The van der Waals surface area contributed by atoms with Crippen molar-refractivity contribution in [3.8, 4) is 0 Å². The second kappa shape index (κ2) is 5.27. The first-order valence-electron chi connectivity index (χ1n) is 5.30. The van der Waals surface area contributed by atoms with Gasteiger partial charge in [-0.05, 0) is 11.6 Å². The van der Waals surface area contributed by atoms with Gasteiger partial charge in [0, 0.05) is 6.20 Å². The van der Waals surface area contributed by atoms with Crippen LogP contribution in [0.4, 0.5) is 11.8 Å². The summed E-state index contributed by atoms with van der Waals surface area (Å²) in [4.78, 5) is 8.07. The van der Waals surface area contributed by atoms with Gasteiger partial charge in [0.1, 0.15) is 5.82 Å². The molecule has 0 aliphatic rings. The Balaban J connectivity index is 2.16. The number of aliphatic hydroxyl groups excluding tert-OH is 1. The Morgan fingerprint density at radius 2 is 2.00 bits per heavy atom. The lowest BCUT2D eigenvalue weighted by atomic mass is 10.1. The van der Waals surface area contributed by atoms with Crippen molar-refractivity contribution in [1.82, 2.24) is 9.97 Å². The van der Waals surface area contributed by atoms with E-state index in [1.807, 2.05) is 30.3 Å². The third kappa shape index (κ3) is 2.92. The fourth-order valence-electron chi connectivity index (χ4n) is 1.52. The highest BCUT2D eigenvalue weighted by Crippen LogP contribution is 2.16. The Bertz CT molecular complexity index is 475. The van der Waals surface area contributed by atoms with Crippen LogP contribution in [-0.4, -0.2) is 21.7 Å². The molecule has 0 radical (unpaired) electrons. The predicted octanol–water partition coefficient (Wildman–Crippen LogP) is 1.20. The lowest BCUT2D eigenvalue weighted by Gasteiger charge is -2.16. The third-order valence-corrected chi connectivity index (χ3v) is 2.36. The summed E-state index contributed by atoms with van der Waals surface area (Å²) in [5.74, 6) is 0.806. The summed E-state index contributed by atoms with van der Waals surface area (Å²) in [6, 6.07) is 11.0. The van der Waals surface area contributed by atoms with E-state index < -0.39 is 0 Å². The van der Waals surface area contributed by atoms with Crippen LogP contribution in [0.2, 0.25) is 0 Å². The molecule has 0 fully saturated rings. The average Bonchev–Trinajstić information content (AvgIpc) is 2.37. The van der Waals surface area contributed by atoms with Gasteiger partial charge in [-0.25, -0.2) is 4.98 Å². The molecule has 0 aliphatic carbocycles. The van der Waals surface area contributed by atoms with Crippen molar-refractivity contribution in [2.24, 2.45) is 0 Å². The molecule has 17 heavy (non-hydrogen) atoms. The zero-order chi connectivity index (χ0) is 12.1. The van der Waals surface area contributed by atoms with Crippen molar-refractivity contribution in [3.05, 3.63) is 48.2 Å². The molecular weight excluding hydrogens is 216 g/mol. The van der Waals surface area contributed by atoms with E-state index in [4.69, 9.17) is 5.73 Å². The van der Waals surface area contributed by atoms with Gasteiger partial charge in [0.25, 0.3) is 0 Å². The molecule has 5 heteroatoms. The number of anilines is 2. The summed E-state index contributed by atoms with van der Waals surface area (Å²) in [6.07, 6.45) is 1.57. The molecule has 1 heterocycles. The van der Waals surface area contributed by atoms with Crippen LogP contribution in [0.5, 0.6) is 0 Å². The molecule has 0 spiro atoms. The first-order chi connectivity index (χ1) is 8.29. The molecule has 0 amide bonds. The quantitative estimate of drug-likeness (QED) is 0.735. The minimum atomic E-state index is -0.238. The number of benzene rings is 1. The topological polar surface area (TPSA) is 84.1 Å². The highest BCUT2D eigenvalue weighted by atomic mass is 16.3. The van der Waals surface area contributed by atoms with Gasteiger partial charge in [-0.1, -0.05) is 30.3 Å². The van der Waals surface area contributed by atoms with Crippen molar-refractivity contribution in [1.29, 1.82) is 0 Å². The molecule has 1 aromatic carbocycles. The van der Waals surface area contributed by atoms with E-state index in [0.717, 1.165) is 5.56 Å². The minimum absolute atomic E-state index is 0.0395. The first-order valence-corrected chi connectivity index (χ1v) is 5.30. The Morgan fingerprint density at radius 1 is 1.24 bits per heavy atom. The van der Waals surface area contributed by atoms with Crippen molar-refractivity contribution in [2.45, 2.75) is 6.04 Å². The largest absolute Gasteiger partial charge is 0.394 e. The number of hydrogen-bond donors (Lipinski definition) is 3. The zero-order valence-corrected chi connectivity index (χ0v) is 9.24. The first kappa shape index (κ1) is 11.3. The maximum absolute atomic E-state index is 9.36. The molecule has 2 aromatic rings. The molecule has 1 aromatic heterocycles. The van der Waals surface area contributed by atoms with Gasteiger partial charge in [0.05, 0.1) is 12.6 Å². The molecule has 4 N–H and O–H groups in total. The number of nitrogen functional groups attached to an aromatic ring is 1. The predicted molar refractivity (Wildman–Crippen MR) is 66.3 cm³/mol. The fraction of sp³-hybridized carbons (Fsp3) is 0.167. The molecule has 1 unspecified atom stereocenters. The minimum Gasteiger partial charge on any atom is -0.394 e. The smallest absolute Gasteiger partial charge is 0.225 e. The second-order valence-corrected chi connectivity index (χ2v) is 3.60. The molecule has 5 nitrogen and oxygen atoms in total. The fourth-order valence-corrected chi connectivity index (χ4v) is 1.52. The van der Waals surface area contributed by atoms with Crippen LogP contribution in [0.25, 0.3) is 0 Å². The molecule has 0 saturated carbocycles. The summed E-state index contributed by atoms with van der Waals surface area (Å²) in [6.45, 7) is -0.0395. The normalized spacial score (nSPS) is 12.1. The highest BCUT2D eigenvalue weighted by molar-refractivity contribution is 5.37. The molecular formula is C12H14N4O. The average molecular weight is 230 g/mol. The summed E-state index contributed by atoms with van der Waals surface area (Å²) >= 11 is 0. The number of nitrogens with zero attached hydrogens (tertiary/aromatic N) is 2. The molecule has 2 rings (SSSR count). The van der Waals surface area contributed by atoms with Gasteiger partial charge in [0.2, 0.25) is 5.95 Å². The maximum Gasteiger partial charge on any atom is 0.225 e. The Morgan fingerprint density at radius 3 is 2.65 bits per heavy atom. The van der Waals surface area contributed by atoms with Crippen LogP contribution < -0.4 is 11.1 Å². The monoisotopic (exact) mass is 230 g/mol. The summed E-state index contributed by atoms with van der Waals surface area (Å²) in [5.41, 5.74) is 6.53. The zero-order valence-electron chi connectivity index (χ0n) is 9.24. The van der Waals surface area contributed by atoms with Gasteiger partial charge in [-0.3, -0.25) is 0 Å². The number of aromatic nitrogens is 2. The van der Waals surface area contributed by atoms with Crippen molar-refractivity contribution >= 4 is 11.8 Å². The van der Waals surface area contributed by atoms with E-state index in [0.29, 0.717) is 11.8 Å².